The van der Waals surface area contributed by atoms with Crippen LogP contribution in [0.3, 0.4) is 0 Å². The Morgan fingerprint density at radius 2 is 2.20 bits per heavy atom. The highest BCUT2D eigenvalue weighted by Gasteiger charge is 2.23. The summed E-state index contributed by atoms with van der Waals surface area (Å²) in [5.74, 6) is 2.60. The Labute approximate surface area is 155 Å². The number of thiophene rings is 1. The third kappa shape index (κ3) is 3.49. The van der Waals surface area contributed by atoms with Crippen molar-refractivity contribution in [3.8, 4) is 0 Å². The fraction of sp³-hybridized carbons (Fsp3) is 0.611. The number of hydrogen-bond donors (Lipinski definition) is 1. The number of carbonyl (C=O) groups excluding carboxylic acids is 1. The molecule has 0 bridgehead atoms. The fourth-order valence-corrected chi connectivity index (χ4v) is 5.95. The third-order valence-electron chi connectivity index (χ3n) is 5.14. The van der Waals surface area contributed by atoms with Crippen LogP contribution in [-0.2, 0) is 23.4 Å². The van der Waals surface area contributed by atoms with Crippen LogP contribution in [0.2, 0.25) is 0 Å². The first-order valence-electron chi connectivity index (χ1n) is 9.01. The number of aryl methyl sites for hydroxylation is 1. The number of aromatic nitrogens is 2. The molecule has 1 aliphatic heterocycles. The van der Waals surface area contributed by atoms with E-state index in [-0.39, 0.29) is 11.5 Å². The van der Waals surface area contributed by atoms with Crippen LogP contribution in [0, 0.1) is 5.92 Å². The number of thioether (sulfide) groups is 1. The lowest BCUT2D eigenvalue weighted by Gasteiger charge is -2.17. The second-order valence-corrected chi connectivity index (χ2v) is 9.19. The number of aromatic amines is 1. The summed E-state index contributed by atoms with van der Waals surface area (Å²) in [7, 11) is 0. The molecule has 1 aliphatic carbocycles. The summed E-state index contributed by atoms with van der Waals surface area (Å²) in [5, 5.41) is 0.800. The van der Waals surface area contributed by atoms with E-state index in [0.717, 1.165) is 55.4 Å². The number of amides is 1. The van der Waals surface area contributed by atoms with Gasteiger partial charge in [0, 0.05) is 18.0 Å². The van der Waals surface area contributed by atoms with Crippen molar-refractivity contribution in [3.63, 3.8) is 0 Å². The van der Waals surface area contributed by atoms with Crippen LogP contribution in [0.25, 0.3) is 10.2 Å². The van der Waals surface area contributed by atoms with Gasteiger partial charge in [-0.1, -0.05) is 6.92 Å². The van der Waals surface area contributed by atoms with Crippen LogP contribution in [0.5, 0.6) is 0 Å². The standard InChI is InChI=1S/C18H23N3O2S2/c1-11-4-5-12-13(8-11)25-18-16(12)17(23)19-14(20-18)9-24-10-15(22)21-6-2-3-7-21/h11H,2-10H2,1H3,(H,19,20,23)/t11-/m0/s1. The van der Waals surface area contributed by atoms with Gasteiger partial charge in [-0.15, -0.1) is 23.1 Å². The summed E-state index contributed by atoms with van der Waals surface area (Å²) < 4.78 is 0. The molecule has 5 nitrogen and oxygen atoms in total. The van der Waals surface area contributed by atoms with Crippen molar-refractivity contribution < 1.29 is 4.79 Å². The first kappa shape index (κ1) is 17.1. The van der Waals surface area contributed by atoms with E-state index < -0.39 is 0 Å². The Morgan fingerprint density at radius 1 is 1.40 bits per heavy atom. The summed E-state index contributed by atoms with van der Waals surface area (Å²) in [6.07, 6.45) is 5.42. The van der Waals surface area contributed by atoms with Gasteiger partial charge in [-0.3, -0.25) is 9.59 Å². The number of hydrogen-bond acceptors (Lipinski definition) is 5. The Balaban J connectivity index is 1.47. The molecule has 2 aliphatic rings. The Kier molecular flexibility index (Phi) is 4.86. The molecule has 3 heterocycles. The number of H-pyrrole nitrogens is 1. The van der Waals surface area contributed by atoms with Gasteiger partial charge in [0.1, 0.15) is 10.7 Å². The van der Waals surface area contributed by atoms with E-state index in [0.29, 0.717) is 23.2 Å². The van der Waals surface area contributed by atoms with Gasteiger partial charge in [0.2, 0.25) is 5.91 Å². The number of nitrogens with one attached hydrogen (secondary N) is 1. The van der Waals surface area contributed by atoms with Gasteiger partial charge < -0.3 is 9.88 Å². The van der Waals surface area contributed by atoms with E-state index in [2.05, 4.69) is 16.9 Å². The molecule has 134 valence electrons. The van der Waals surface area contributed by atoms with E-state index in [1.165, 1.54) is 22.2 Å². The second kappa shape index (κ2) is 7.11. The van der Waals surface area contributed by atoms with Gasteiger partial charge in [-0.25, -0.2) is 4.98 Å². The molecule has 0 radical (unpaired) electrons. The van der Waals surface area contributed by atoms with Crippen molar-refractivity contribution in [1.82, 2.24) is 14.9 Å². The predicted molar refractivity (Wildman–Crippen MR) is 103 cm³/mol. The van der Waals surface area contributed by atoms with Crippen molar-refractivity contribution in [3.05, 3.63) is 26.6 Å². The number of likely N-dealkylation sites (tertiary alicyclic amines) is 1. The van der Waals surface area contributed by atoms with Gasteiger partial charge >= 0.3 is 0 Å². The largest absolute Gasteiger partial charge is 0.342 e. The SMILES string of the molecule is C[C@H]1CCc2c(sc3nc(CSCC(=O)N4CCCC4)[nH]c(=O)c23)C1. The average molecular weight is 378 g/mol. The Bertz CT molecular complexity index is 852. The molecule has 2 aromatic rings. The molecule has 0 unspecified atom stereocenters. The quantitative estimate of drug-likeness (QED) is 0.890. The molecule has 0 aromatic carbocycles. The predicted octanol–water partition coefficient (Wildman–Crippen LogP) is 2.97. The van der Waals surface area contributed by atoms with Crippen molar-refractivity contribution >= 4 is 39.2 Å². The maximum absolute atomic E-state index is 12.5. The second-order valence-electron chi connectivity index (χ2n) is 7.13. The normalized spacial score (nSPS) is 20.2. The number of rotatable bonds is 4. The van der Waals surface area contributed by atoms with Crippen molar-refractivity contribution in [2.75, 3.05) is 18.8 Å². The fourth-order valence-electron chi connectivity index (χ4n) is 3.75. The molecule has 7 heteroatoms. The molecule has 1 saturated heterocycles. The third-order valence-corrected chi connectivity index (χ3v) is 7.21. The molecule has 0 spiro atoms. The lowest BCUT2D eigenvalue weighted by molar-refractivity contribution is -0.127. The van der Waals surface area contributed by atoms with E-state index in [1.807, 2.05) is 4.90 Å². The monoisotopic (exact) mass is 377 g/mol. The zero-order valence-corrected chi connectivity index (χ0v) is 16.1. The van der Waals surface area contributed by atoms with Crippen molar-refractivity contribution in [1.29, 1.82) is 0 Å². The molecule has 4 rings (SSSR count). The molecule has 1 atom stereocenters. The van der Waals surface area contributed by atoms with Crippen LogP contribution in [0.4, 0.5) is 0 Å². The molecular formula is C18H23N3O2S2. The summed E-state index contributed by atoms with van der Waals surface area (Å²) in [6.45, 7) is 4.05. The van der Waals surface area contributed by atoms with Gasteiger partial charge in [0.15, 0.2) is 0 Å². The van der Waals surface area contributed by atoms with Crippen molar-refractivity contribution in [2.45, 2.75) is 44.8 Å². The minimum atomic E-state index is -0.0153. The summed E-state index contributed by atoms with van der Waals surface area (Å²) in [5.41, 5.74) is 1.20. The van der Waals surface area contributed by atoms with Crippen molar-refractivity contribution in [2.24, 2.45) is 5.92 Å². The van der Waals surface area contributed by atoms with E-state index in [1.54, 1.807) is 11.3 Å². The summed E-state index contributed by atoms with van der Waals surface area (Å²) in [6, 6.07) is 0. The van der Waals surface area contributed by atoms with Crippen LogP contribution in [0.15, 0.2) is 4.79 Å². The first-order valence-corrected chi connectivity index (χ1v) is 11.0. The summed E-state index contributed by atoms with van der Waals surface area (Å²) in [4.78, 5) is 36.4. The molecule has 2 aromatic heterocycles. The highest BCUT2D eigenvalue weighted by Crippen LogP contribution is 2.35. The lowest BCUT2D eigenvalue weighted by Crippen LogP contribution is -2.29. The number of fused-ring (bicyclic) bond motifs is 3. The number of carbonyl (C=O) groups is 1. The summed E-state index contributed by atoms with van der Waals surface area (Å²) >= 11 is 3.21. The van der Waals surface area contributed by atoms with Gasteiger partial charge in [0.25, 0.3) is 5.56 Å². The number of nitrogens with zero attached hydrogens (tertiary/aromatic N) is 2. The maximum atomic E-state index is 12.5. The van der Waals surface area contributed by atoms with E-state index in [4.69, 9.17) is 0 Å². The molecule has 0 saturated carbocycles. The van der Waals surface area contributed by atoms with E-state index >= 15 is 0 Å². The van der Waals surface area contributed by atoms with Crippen LogP contribution in [0.1, 0.15) is 42.5 Å². The minimum Gasteiger partial charge on any atom is -0.342 e. The topological polar surface area (TPSA) is 66.1 Å². The Hall–Kier alpha value is -1.34. The molecule has 25 heavy (non-hydrogen) atoms. The molecule has 1 N–H and O–H groups in total. The van der Waals surface area contributed by atoms with Gasteiger partial charge in [0.05, 0.1) is 16.9 Å². The zero-order valence-electron chi connectivity index (χ0n) is 14.5. The zero-order chi connectivity index (χ0) is 17.4. The Morgan fingerprint density at radius 3 is 3.00 bits per heavy atom. The smallest absolute Gasteiger partial charge is 0.259 e. The van der Waals surface area contributed by atoms with E-state index in [9.17, 15) is 9.59 Å². The van der Waals surface area contributed by atoms with Gasteiger partial charge in [-0.2, -0.15) is 0 Å². The van der Waals surface area contributed by atoms with Crippen LogP contribution < -0.4 is 5.56 Å². The average Bonchev–Trinajstić information content (AvgIpc) is 3.21. The maximum Gasteiger partial charge on any atom is 0.259 e. The molecule has 1 amide bonds. The highest BCUT2D eigenvalue weighted by molar-refractivity contribution is 7.99. The molecule has 1 fully saturated rings. The molecular weight excluding hydrogens is 354 g/mol. The van der Waals surface area contributed by atoms with Crippen LogP contribution in [-0.4, -0.2) is 39.6 Å². The van der Waals surface area contributed by atoms with Gasteiger partial charge in [-0.05, 0) is 43.6 Å². The lowest BCUT2D eigenvalue weighted by atomic mass is 9.89. The highest BCUT2D eigenvalue weighted by atomic mass is 32.2. The first-order chi connectivity index (χ1) is 12.1. The van der Waals surface area contributed by atoms with Crippen LogP contribution >= 0.6 is 23.1 Å². The minimum absolute atomic E-state index is 0.0153.